The largest absolute Gasteiger partial charge is 0.387 e. The second kappa shape index (κ2) is 6.44. The van der Waals surface area contributed by atoms with Gasteiger partial charge in [-0.2, -0.15) is 0 Å². The molecule has 26 heavy (non-hydrogen) atoms. The Kier molecular flexibility index (Phi) is 4.24. The number of pyridine rings is 2. The van der Waals surface area contributed by atoms with Crippen LogP contribution in [0.4, 0.5) is 0 Å². The highest BCUT2D eigenvalue weighted by Gasteiger charge is 2.47. The van der Waals surface area contributed by atoms with Gasteiger partial charge >= 0.3 is 0 Å². The molecule has 0 bridgehead atoms. The minimum absolute atomic E-state index is 0.584. The van der Waals surface area contributed by atoms with Crippen LogP contribution in [-0.2, 0) is 4.74 Å². The first-order chi connectivity index (χ1) is 12.5. The van der Waals surface area contributed by atoms with Crippen molar-refractivity contribution in [3.8, 4) is 0 Å². The molecule has 0 aromatic carbocycles. The minimum atomic E-state index is -1.23. The summed E-state index contributed by atoms with van der Waals surface area (Å²) in [5.74, 6) is 0. The number of aliphatic hydroxyl groups excluding tert-OH is 3. The van der Waals surface area contributed by atoms with Gasteiger partial charge in [-0.3, -0.25) is 4.98 Å². The SMILES string of the molecule is Cc1cc([C@@H](O)[C@H]2O[C@@H](n3ccc4c(C)ccnc43)[C@H](O)[C@@H]2O)ccn1. The van der Waals surface area contributed by atoms with E-state index in [2.05, 4.69) is 9.97 Å². The van der Waals surface area contributed by atoms with Gasteiger partial charge in [-0.25, -0.2) is 4.98 Å². The molecule has 0 unspecified atom stereocenters. The van der Waals surface area contributed by atoms with E-state index in [-0.39, 0.29) is 0 Å². The van der Waals surface area contributed by atoms with Crippen molar-refractivity contribution >= 4 is 11.0 Å². The Labute approximate surface area is 150 Å². The molecule has 4 rings (SSSR count). The number of hydrogen-bond donors (Lipinski definition) is 3. The summed E-state index contributed by atoms with van der Waals surface area (Å²) in [6.45, 7) is 3.80. The van der Waals surface area contributed by atoms with E-state index in [0.717, 1.165) is 16.6 Å². The van der Waals surface area contributed by atoms with Crippen LogP contribution >= 0.6 is 0 Å². The summed E-state index contributed by atoms with van der Waals surface area (Å²) in [5.41, 5.74) is 3.06. The van der Waals surface area contributed by atoms with Gasteiger partial charge < -0.3 is 24.6 Å². The Morgan fingerprint density at radius 2 is 1.85 bits per heavy atom. The number of rotatable bonds is 3. The van der Waals surface area contributed by atoms with Gasteiger partial charge in [0, 0.05) is 29.7 Å². The topological polar surface area (TPSA) is 101 Å². The zero-order chi connectivity index (χ0) is 18.4. The van der Waals surface area contributed by atoms with Crippen molar-refractivity contribution in [2.24, 2.45) is 0 Å². The first kappa shape index (κ1) is 17.1. The number of fused-ring (bicyclic) bond motifs is 1. The van der Waals surface area contributed by atoms with Crippen LogP contribution in [-0.4, -0.2) is 48.2 Å². The molecule has 0 amide bonds. The molecule has 3 aromatic heterocycles. The molecule has 7 heteroatoms. The van der Waals surface area contributed by atoms with Crippen molar-refractivity contribution < 1.29 is 20.1 Å². The standard InChI is InChI=1S/C19H21N3O4/c1-10-3-6-21-18-13(10)5-8-22(18)19-16(25)15(24)17(26-19)14(23)12-4-7-20-11(2)9-12/h3-9,14-17,19,23-25H,1-2H3/t14-,15+,16-,17-,19-/m1/s1. The van der Waals surface area contributed by atoms with E-state index in [4.69, 9.17) is 4.74 Å². The lowest BCUT2D eigenvalue weighted by atomic mass is 9.99. The van der Waals surface area contributed by atoms with Crippen molar-refractivity contribution in [3.05, 3.63) is 59.7 Å². The Morgan fingerprint density at radius 1 is 1.08 bits per heavy atom. The summed E-state index contributed by atoms with van der Waals surface area (Å²) < 4.78 is 7.58. The third-order valence-electron chi connectivity index (χ3n) is 4.96. The van der Waals surface area contributed by atoms with Crippen LogP contribution in [0.2, 0.25) is 0 Å². The lowest BCUT2D eigenvalue weighted by molar-refractivity contribution is -0.0848. The van der Waals surface area contributed by atoms with Crippen LogP contribution in [0, 0.1) is 13.8 Å². The van der Waals surface area contributed by atoms with Gasteiger partial charge in [0.25, 0.3) is 0 Å². The van der Waals surface area contributed by atoms with Crippen LogP contribution in [0.5, 0.6) is 0 Å². The number of nitrogens with zero attached hydrogens (tertiary/aromatic N) is 3. The summed E-state index contributed by atoms with van der Waals surface area (Å²) in [6.07, 6.45) is -0.230. The molecule has 0 aliphatic carbocycles. The van der Waals surface area contributed by atoms with Crippen molar-refractivity contribution in [1.82, 2.24) is 14.5 Å². The molecule has 1 aliphatic heterocycles. The fourth-order valence-corrected chi connectivity index (χ4v) is 3.52. The first-order valence-corrected chi connectivity index (χ1v) is 8.52. The Bertz CT molecular complexity index is 941. The second-order valence-corrected chi connectivity index (χ2v) is 6.74. The maximum atomic E-state index is 10.7. The van der Waals surface area contributed by atoms with Crippen LogP contribution in [0.1, 0.15) is 29.2 Å². The lowest BCUT2D eigenvalue weighted by Gasteiger charge is -2.21. The highest BCUT2D eigenvalue weighted by atomic mass is 16.6. The van der Waals surface area contributed by atoms with Crippen LogP contribution in [0.25, 0.3) is 11.0 Å². The Morgan fingerprint density at radius 3 is 2.62 bits per heavy atom. The minimum Gasteiger partial charge on any atom is -0.387 e. The fourth-order valence-electron chi connectivity index (χ4n) is 3.52. The average molecular weight is 355 g/mol. The second-order valence-electron chi connectivity index (χ2n) is 6.74. The van der Waals surface area contributed by atoms with Crippen LogP contribution < -0.4 is 0 Å². The van der Waals surface area contributed by atoms with E-state index in [1.54, 1.807) is 35.3 Å². The van der Waals surface area contributed by atoms with E-state index in [0.29, 0.717) is 11.2 Å². The van der Waals surface area contributed by atoms with E-state index >= 15 is 0 Å². The Balaban J connectivity index is 1.66. The van der Waals surface area contributed by atoms with Gasteiger partial charge in [-0.15, -0.1) is 0 Å². The number of aromatic nitrogens is 3. The Hall–Kier alpha value is -2.32. The molecule has 3 N–H and O–H groups in total. The molecule has 4 heterocycles. The maximum Gasteiger partial charge on any atom is 0.164 e. The predicted octanol–water partition coefficient (Wildman–Crippen LogP) is 1.40. The summed E-state index contributed by atoms with van der Waals surface area (Å²) in [6, 6.07) is 7.21. The maximum absolute atomic E-state index is 10.7. The van der Waals surface area contributed by atoms with E-state index in [1.165, 1.54) is 0 Å². The molecule has 3 aromatic rings. The van der Waals surface area contributed by atoms with Gasteiger partial charge in [0.15, 0.2) is 6.23 Å². The molecule has 7 nitrogen and oxygen atoms in total. The van der Waals surface area contributed by atoms with Gasteiger partial charge in [0.2, 0.25) is 0 Å². The monoisotopic (exact) mass is 355 g/mol. The van der Waals surface area contributed by atoms with Crippen LogP contribution in [0.3, 0.4) is 0 Å². The fraction of sp³-hybridized carbons (Fsp3) is 0.368. The molecule has 1 aliphatic rings. The zero-order valence-electron chi connectivity index (χ0n) is 14.5. The molecule has 136 valence electrons. The highest BCUT2D eigenvalue weighted by Crippen LogP contribution is 2.37. The summed E-state index contributed by atoms with van der Waals surface area (Å²) >= 11 is 0. The number of hydrogen-bond acceptors (Lipinski definition) is 6. The average Bonchev–Trinajstić information content (AvgIpc) is 3.18. The molecular formula is C19H21N3O4. The molecule has 1 fully saturated rings. The molecule has 1 saturated heterocycles. The highest BCUT2D eigenvalue weighted by molar-refractivity contribution is 5.79. The van der Waals surface area contributed by atoms with Crippen LogP contribution in [0.15, 0.2) is 42.9 Å². The molecular weight excluding hydrogens is 334 g/mol. The smallest absolute Gasteiger partial charge is 0.164 e. The van der Waals surface area contributed by atoms with Gasteiger partial charge in [0.05, 0.1) is 0 Å². The van der Waals surface area contributed by atoms with E-state index < -0.39 is 30.6 Å². The van der Waals surface area contributed by atoms with Gasteiger partial charge in [-0.05, 0) is 49.2 Å². The van der Waals surface area contributed by atoms with E-state index in [9.17, 15) is 15.3 Å². The quantitative estimate of drug-likeness (QED) is 0.657. The van der Waals surface area contributed by atoms with Crippen molar-refractivity contribution in [2.75, 3.05) is 0 Å². The summed E-state index contributed by atoms with van der Waals surface area (Å²) in [4.78, 5) is 8.47. The first-order valence-electron chi connectivity index (χ1n) is 8.52. The summed E-state index contributed by atoms with van der Waals surface area (Å²) in [5, 5.41) is 32.6. The molecule has 0 spiro atoms. The van der Waals surface area contributed by atoms with Crippen molar-refractivity contribution in [3.63, 3.8) is 0 Å². The molecule has 0 radical (unpaired) electrons. The third-order valence-corrected chi connectivity index (χ3v) is 4.96. The molecule has 5 atom stereocenters. The summed E-state index contributed by atoms with van der Waals surface area (Å²) in [7, 11) is 0. The van der Waals surface area contributed by atoms with Crippen molar-refractivity contribution in [2.45, 2.75) is 44.5 Å². The van der Waals surface area contributed by atoms with Crippen molar-refractivity contribution in [1.29, 1.82) is 0 Å². The molecule has 0 saturated carbocycles. The third kappa shape index (κ3) is 2.69. The normalized spacial score (nSPS) is 27.1. The predicted molar refractivity (Wildman–Crippen MR) is 94.3 cm³/mol. The number of ether oxygens (including phenoxy) is 1. The van der Waals surface area contributed by atoms with Gasteiger partial charge in [-0.1, -0.05) is 0 Å². The number of aryl methyl sites for hydroxylation is 2. The lowest BCUT2D eigenvalue weighted by Crippen LogP contribution is -2.34. The van der Waals surface area contributed by atoms with Gasteiger partial charge in [0.1, 0.15) is 30.1 Å². The number of aliphatic hydroxyl groups is 3. The zero-order valence-corrected chi connectivity index (χ0v) is 14.5. The van der Waals surface area contributed by atoms with E-state index in [1.807, 2.05) is 26.0 Å².